The quantitative estimate of drug-likeness (QED) is 0.419. The SMILES string of the molecule is CC1=NN(C(=O)c2ccccc2)C(C#N)=C/C1=C(\OC(=O)c1ccccc1)c1ccccc1. The van der Waals surface area contributed by atoms with Crippen molar-refractivity contribution in [2.45, 2.75) is 6.92 Å². The van der Waals surface area contributed by atoms with Crippen LogP contribution in [0, 0.1) is 11.3 Å². The number of ether oxygens (including phenoxy) is 1. The minimum atomic E-state index is -0.538. The molecule has 0 radical (unpaired) electrons. The normalized spacial score (nSPS) is 14.5. The van der Waals surface area contributed by atoms with E-state index in [4.69, 9.17) is 4.74 Å². The summed E-state index contributed by atoms with van der Waals surface area (Å²) in [5.41, 5.74) is 2.33. The summed E-state index contributed by atoms with van der Waals surface area (Å²) in [5, 5.41) is 15.2. The van der Waals surface area contributed by atoms with Crippen LogP contribution >= 0.6 is 0 Å². The van der Waals surface area contributed by atoms with Crippen molar-refractivity contribution in [3.63, 3.8) is 0 Å². The van der Waals surface area contributed by atoms with Crippen LogP contribution in [0.25, 0.3) is 5.76 Å². The Hall–Kier alpha value is -4.76. The van der Waals surface area contributed by atoms with Gasteiger partial charge in [0.15, 0.2) is 0 Å². The molecule has 6 heteroatoms. The van der Waals surface area contributed by atoms with E-state index in [1.807, 2.05) is 30.3 Å². The predicted molar refractivity (Wildman–Crippen MR) is 125 cm³/mol. The third-order valence-electron chi connectivity index (χ3n) is 4.96. The molecule has 0 bridgehead atoms. The number of nitriles is 1. The second-order valence-electron chi connectivity index (χ2n) is 7.17. The van der Waals surface area contributed by atoms with Crippen LogP contribution in [0.15, 0.2) is 113 Å². The maximum Gasteiger partial charge on any atom is 0.343 e. The van der Waals surface area contributed by atoms with Crippen LogP contribution in [0.5, 0.6) is 0 Å². The molecule has 1 heterocycles. The van der Waals surface area contributed by atoms with Crippen molar-refractivity contribution in [1.82, 2.24) is 5.01 Å². The Balaban J connectivity index is 1.79. The highest BCUT2D eigenvalue weighted by molar-refractivity contribution is 6.10. The number of hydrogen-bond donors (Lipinski definition) is 0. The summed E-state index contributed by atoms with van der Waals surface area (Å²) in [5.74, 6) is -0.709. The second-order valence-corrected chi connectivity index (χ2v) is 7.17. The first-order valence-corrected chi connectivity index (χ1v) is 10.2. The molecule has 160 valence electrons. The molecule has 3 aromatic rings. The fourth-order valence-corrected chi connectivity index (χ4v) is 3.31. The molecule has 1 amide bonds. The average molecular weight is 433 g/mol. The molecule has 3 aromatic carbocycles. The lowest BCUT2D eigenvalue weighted by molar-refractivity contribution is 0.0690. The van der Waals surface area contributed by atoms with E-state index in [0.717, 1.165) is 5.01 Å². The molecule has 0 aromatic heterocycles. The first-order valence-electron chi connectivity index (χ1n) is 10.2. The van der Waals surface area contributed by atoms with Gasteiger partial charge in [-0.25, -0.2) is 4.79 Å². The number of esters is 1. The molecule has 6 nitrogen and oxygen atoms in total. The van der Waals surface area contributed by atoms with Gasteiger partial charge in [0, 0.05) is 16.7 Å². The molecular formula is C27H19N3O3. The number of hydrazone groups is 1. The maximum absolute atomic E-state index is 12.9. The summed E-state index contributed by atoms with van der Waals surface area (Å²) >= 11 is 0. The molecule has 1 aliphatic heterocycles. The lowest BCUT2D eigenvalue weighted by Crippen LogP contribution is -2.29. The van der Waals surface area contributed by atoms with Crippen molar-refractivity contribution < 1.29 is 14.3 Å². The van der Waals surface area contributed by atoms with E-state index in [1.165, 1.54) is 6.08 Å². The van der Waals surface area contributed by atoms with Crippen LogP contribution in [-0.2, 0) is 4.74 Å². The number of nitrogens with zero attached hydrogens (tertiary/aromatic N) is 3. The summed E-state index contributed by atoms with van der Waals surface area (Å²) in [6.07, 6.45) is 1.52. The monoisotopic (exact) mass is 433 g/mol. The smallest absolute Gasteiger partial charge is 0.343 e. The first kappa shape index (κ1) is 21.5. The van der Waals surface area contributed by atoms with Crippen LogP contribution < -0.4 is 0 Å². The van der Waals surface area contributed by atoms with Gasteiger partial charge in [-0.2, -0.15) is 15.4 Å². The van der Waals surface area contributed by atoms with Crippen molar-refractivity contribution in [1.29, 1.82) is 5.26 Å². The van der Waals surface area contributed by atoms with Crippen LogP contribution in [0.1, 0.15) is 33.2 Å². The van der Waals surface area contributed by atoms with Gasteiger partial charge in [0.2, 0.25) is 0 Å². The van der Waals surface area contributed by atoms with Gasteiger partial charge in [-0.05, 0) is 37.3 Å². The summed E-state index contributed by atoms with van der Waals surface area (Å²) in [6.45, 7) is 1.70. The molecular weight excluding hydrogens is 414 g/mol. The highest BCUT2D eigenvalue weighted by atomic mass is 16.5. The highest BCUT2D eigenvalue weighted by Crippen LogP contribution is 2.29. The lowest BCUT2D eigenvalue weighted by Gasteiger charge is -2.23. The molecule has 0 saturated carbocycles. The molecule has 0 fully saturated rings. The molecule has 0 spiro atoms. The third kappa shape index (κ3) is 4.63. The fraction of sp³-hybridized carbons (Fsp3) is 0.0370. The Labute approximate surface area is 191 Å². The number of rotatable bonds is 4. The van der Waals surface area contributed by atoms with Crippen molar-refractivity contribution >= 4 is 23.3 Å². The van der Waals surface area contributed by atoms with Crippen LogP contribution in [-0.4, -0.2) is 22.6 Å². The van der Waals surface area contributed by atoms with E-state index in [9.17, 15) is 14.9 Å². The van der Waals surface area contributed by atoms with Gasteiger partial charge in [0.25, 0.3) is 5.91 Å². The number of hydrogen-bond acceptors (Lipinski definition) is 5. The lowest BCUT2D eigenvalue weighted by atomic mass is 10.0. The first-order chi connectivity index (χ1) is 16.1. The fourth-order valence-electron chi connectivity index (χ4n) is 3.31. The van der Waals surface area contributed by atoms with Gasteiger partial charge >= 0.3 is 5.97 Å². The Morgan fingerprint density at radius 3 is 1.88 bits per heavy atom. The van der Waals surface area contributed by atoms with Crippen LogP contribution in [0.3, 0.4) is 0 Å². The van der Waals surface area contributed by atoms with Gasteiger partial charge < -0.3 is 4.74 Å². The van der Waals surface area contributed by atoms with Gasteiger partial charge in [0.05, 0.1) is 11.3 Å². The predicted octanol–water partition coefficient (Wildman–Crippen LogP) is 5.19. The van der Waals surface area contributed by atoms with E-state index in [-0.39, 0.29) is 11.5 Å². The van der Waals surface area contributed by atoms with Gasteiger partial charge in [-0.15, -0.1) is 0 Å². The second kappa shape index (κ2) is 9.58. The Morgan fingerprint density at radius 2 is 1.33 bits per heavy atom. The van der Waals surface area contributed by atoms with Crippen molar-refractivity contribution in [2.75, 3.05) is 0 Å². The van der Waals surface area contributed by atoms with Crippen molar-refractivity contribution in [3.05, 3.63) is 125 Å². The standard InChI is InChI=1S/C27H19N3O3/c1-19-24(17-23(18-28)30(29-19)26(31)21-13-7-3-8-14-21)25(20-11-5-2-6-12-20)33-27(32)22-15-9-4-10-16-22/h2-17H,1H3/b25-24+. The van der Waals surface area contributed by atoms with Crippen LogP contribution in [0.4, 0.5) is 0 Å². The molecule has 0 unspecified atom stereocenters. The Kier molecular flexibility index (Phi) is 6.24. The molecule has 4 rings (SSSR count). The molecule has 33 heavy (non-hydrogen) atoms. The minimum Gasteiger partial charge on any atom is -0.422 e. The zero-order chi connectivity index (χ0) is 23.2. The number of amides is 1. The summed E-state index contributed by atoms with van der Waals surface area (Å²) < 4.78 is 5.81. The molecule has 0 N–H and O–H groups in total. The third-order valence-corrected chi connectivity index (χ3v) is 4.96. The number of carbonyl (C=O) groups is 2. The van der Waals surface area contributed by atoms with Gasteiger partial charge in [0.1, 0.15) is 17.5 Å². The van der Waals surface area contributed by atoms with Crippen molar-refractivity contribution in [3.8, 4) is 6.07 Å². The Morgan fingerprint density at radius 1 is 0.818 bits per heavy atom. The Bertz CT molecular complexity index is 1320. The number of allylic oxidation sites excluding steroid dienone is 3. The van der Waals surface area contributed by atoms with Crippen LogP contribution in [0.2, 0.25) is 0 Å². The maximum atomic E-state index is 12.9. The zero-order valence-electron chi connectivity index (χ0n) is 17.8. The van der Waals surface area contributed by atoms with Gasteiger partial charge in [-0.1, -0.05) is 66.7 Å². The summed E-state index contributed by atoms with van der Waals surface area (Å²) in [4.78, 5) is 25.8. The largest absolute Gasteiger partial charge is 0.422 e. The highest BCUT2D eigenvalue weighted by Gasteiger charge is 2.27. The van der Waals surface area contributed by atoms with E-state index >= 15 is 0 Å². The minimum absolute atomic E-state index is 0.0219. The number of carbonyl (C=O) groups excluding carboxylic acids is 2. The molecule has 0 atom stereocenters. The van der Waals surface area contributed by atoms with E-state index in [1.54, 1.807) is 73.7 Å². The molecule has 1 aliphatic rings. The van der Waals surface area contributed by atoms with E-state index in [2.05, 4.69) is 5.10 Å². The number of benzene rings is 3. The van der Waals surface area contributed by atoms with Crippen molar-refractivity contribution in [2.24, 2.45) is 5.10 Å². The average Bonchev–Trinajstić information content (AvgIpc) is 2.88. The topological polar surface area (TPSA) is 82.8 Å². The van der Waals surface area contributed by atoms with E-state index in [0.29, 0.717) is 28.0 Å². The van der Waals surface area contributed by atoms with Gasteiger partial charge in [-0.3, -0.25) is 4.79 Å². The summed E-state index contributed by atoms with van der Waals surface area (Å²) in [6, 6.07) is 28.4. The summed E-state index contributed by atoms with van der Waals surface area (Å²) in [7, 11) is 0. The zero-order valence-corrected chi connectivity index (χ0v) is 17.8. The molecule has 0 aliphatic carbocycles. The molecule has 0 saturated heterocycles. The van der Waals surface area contributed by atoms with E-state index < -0.39 is 11.9 Å².